The largest absolute Gasteiger partial charge is 0.481 e. The van der Waals surface area contributed by atoms with Crippen LogP contribution in [0.2, 0.25) is 5.02 Å². The molecule has 116 valence electrons. The molecule has 0 aliphatic heterocycles. The number of carboxylic acids is 1. The molecule has 1 aromatic rings. The van der Waals surface area contributed by atoms with Crippen molar-refractivity contribution in [2.24, 2.45) is 0 Å². The quantitative estimate of drug-likeness (QED) is 0.623. The second-order valence-corrected chi connectivity index (χ2v) is 6.71. The lowest BCUT2D eigenvalue weighted by Gasteiger charge is -2.17. The number of rotatable bonds is 6. The van der Waals surface area contributed by atoms with Gasteiger partial charge in [0, 0.05) is 19.7 Å². The van der Waals surface area contributed by atoms with Gasteiger partial charge in [-0.3, -0.25) is 14.9 Å². The van der Waals surface area contributed by atoms with Gasteiger partial charge in [0.2, 0.25) is 10.0 Å². The first-order valence-corrected chi connectivity index (χ1v) is 7.52. The van der Waals surface area contributed by atoms with Crippen LogP contribution in [0, 0.1) is 17.0 Å². The van der Waals surface area contributed by atoms with Gasteiger partial charge in [-0.15, -0.1) is 0 Å². The van der Waals surface area contributed by atoms with E-state index in [0.717, 1.165) is 4.31 Å². The Morgan fingerprint density at radius 3 is 2.52 bits per heavy atom. The smallest absolute Gasteiger partial charge is 0.304 e. The van der Waals surface area contributed by atoms with Gasteiger partial charge in [-0.05, 0) is 18.6 Å². The molecule has 0 amide bonds. The lowest BCUT2D eigenvalue weighted by atomic mass is 10.2. The molecule has 8 nitrogen and oxygen atoms in total. The maximum atomic E-state index is 12.3. The molecule has 1 aromatic carbocycles. The summed E-state index contributed by atoms with van der Waals surface area (Å²) in [6.07, 6.45) is -0.388. The first kappa shape index (κ1) is 17.3. The fourth-order valence-electron chi connectivity index (χ4n) is 1.58. The molecule has 0 aromatic heterocycles. The second kappa shape index (κ2) is 6.37. The van der Waals surface area contributed by atoms with Crippen molar-refractivity contribution in [1.82, 2.24) is 4.31 Å². The van der Waals surface area contributed by atoms with Crippen LogP contribution in [0.4, 0.5) is 5.69 Å². The molecule has 0 saturated heterocycles. The minimum Gasteiger partial charge on any atom is -0.481 e. The summed E-state index contributed by atoms with van der Waals surface area (Å²) in [7, 11) is -2.93. The van der Waals surface area contributed by atoms with E-state index >= 15 is 0 Å². The standard InChI is InChI=1S/C11H13ClN2O6S/c1-7-5-8(14(17)18)11(12)9(6-7)21(19,20)13(2)4-3-10(15)16/h5-6H,3-4H2,1-2H3,(H,15,16). The third-order valence-corrected chi connectivity index (χ3v) is 5.08. The Bertz CT molecular complexity index is 688. The predicted molar refractivity (Wildman–Crippen MR) is 74.9 cm³/mol. The minimum atomic E-state index is -4.11. The van der Waals surface area contributed by atoms with Gasteiger partial charge in [-0.25, -0.2) is 12.7 Å². The molecule has 0 aliphatic carbocycles. The van der Waals surface area contributed by atoms with E-state index in [1.807, 2.05) is 0 Å². The number of nitrogens with zero attached hydrogens (tertiary/aromatic N) is 2. The Morgan fingerprint density at radius 1 is 1.48 bits per heavy atom. The number of nitro benzene ring substituents is 1. The SMILES string of the molecule is Cc1cc([N+](=O)[O-])c(Cl)c(S(=O)(=O)N(C)CCC(=O)O)c1. The summed E-state index contributed by atoms with van der Waals surface area (Å²) in [5.74, 6) is -1.15. The average molecular weight is 337 g/mol. The zero-order valence-corrected chi connectivity index (χ0v) is 12.8. The van der Waals surface area contributed by atoms with E-state index < -0.39 is 36.5 Å². The molecule has 0 saturated carbocycles. The molecule has 10 heteroatoms. The Labute approximate surface area is 126 Å². The van der Waals surface area contributed by atoms with Gasteiger partial charge < -0.3 is 5.11 Å². The number of halogens is 1. The second-order valence-electron chi connectivity index (χ2n) is 4.32. The zero-order valence-electron chi connectivity index (χ0n) is 11.2. The molecule has 0 bridgehead atoms. The van der Waals surface area contributed by atoms with Gasteiger partial charge in [0.15, 0.2) is 0 Å². The number of aryl methyl sites for hydroxylation is 1. The number of benzene rings is 1. The highest BCUT2D eigenvalue weighted by atomic mass is 35.5. The highest BCUT2D eigenvalue weighted by Gasteiger charge is 2.29. The Kier molecular flexibility index (Phi) is 5.26. The van der Waals surface area contributed by atoms with Gasteiger partial charge in [0.05, 0.1) is 11.3 Å². The number of carboxylic acid groups (broad SMARTS) is 1. The highest BCUT2D eigenvalue weighted by Crippen LogP contribution is 2.33. The maximum absolute atomic E-state index is 12.3. The van der Waals surface area contributed by atoms with Crippen LogP contribution in [0.15, 0.2) is 17.0 Å². The molecule has 0 fully saturated rings. The summed E-state index contributed by atoms with van der Waals surface area (Å²) in [5, 5.41) is 19.0. The first-order chi connectivity index (χ1) is 9.57. The summed E-state index contributed by atoms with van der Waals surface area (Å²) in [6.45, 7) is 1.23. The van der Waals surface area contributed by atoms with Crippen molar-refractivity contribution < 1.29 is 23.2 Å². The average Bonchev–Trinajstić information content (AvgIpc) is 2.37. The molecule has 1 rings (SSSR count). The number of hydrogen-bond donors (Lipinski definition) is 1. The lowest BCUT2D eigenvalue weighted by molar-refractivity contribution is -0.385. The summed E-state index contributed by atoms with van der Waals surface area (Å²) in [6, 6.07) is 2.38. The van der Waals surface area contributed by atoms with Crippen molar-refractivity contribution in [3.05, 3.63) is 32.8 Å². The molecular weight excluding hydrogens is 324 g/mol. The van der Waals surface area contributed by atoms with E-state index in [0.29, 0.717) is 5.56 Å². The lowest BCUT2D eigenvalue weighted by Crippen LogP contribution is -2.29. The van der Waals surface area contributed by atoms with Crippen molar-refractivity contribution in [3.63, 3.8) is 0 Å². The molecule has 0 radical (unpaired) electrons. The fraction of sp³-hybridized carbons (Fsp3) is 0.364. The number of carbonyl (C=O) groups is 1. The van der Waals surface area contributed by atoms with Gasteiger partial charge in [-0.1, -0.05) is 11.6 Å². The van der Waals surface area contributed by atoms with E-state index in [4.69, 9.17) is 16.7 Å². The van der Waals surface area contributed by atoms with Crippen molar-refractivity contribution >= 4 is 33.3 Å². The zero-order chi connectivity index (χ0) is 16.4. The Hall–Kier alpha value is -1.71. The number of aliphatic carboxylic acids is 1. The van der Waals surface area contributed by atoms with Crippen molar-refractivity contribution in [2.75, 3.05) is 13.6 Å². The van der Waals surface area contributed by atoms with Crippen LogP contribution in [0.3, 0.4) is 0 Å². The third-order valence-electron chi connectivity index (χ3n) is 2.69. The molecule has 21 heavy (non-hydrogen) atoms. The Morgan fingerprint density at radius 2 is 2.05 bits per heavy atom. The minimum absolute atomic E-state index is 0.268. The van der Waals surface area contributed by atoms with Gasteiger partial charge >= 0.3 is 5.97 Å². The molecule has 1 N–H and O–H groups in total. The number of hydrogen-bond acceptors (Lipinski definition) is 5. The van der Waals surface area contributed by atoms with Crippen molar-refractivity contribution in [3.8, 4) is 0 Å². The van der Waals surface area contributed by atoms with Gasteiger partial charge in [0.25, 0.3) is 5.69 Å². The number of sulfonamides is 1. The van der Waals surface area contributed by atoms with Crippen molar-refractivity contribution in [1.29, 1.82) is 0 Å². The van der Waals surface area contributed by atoms with Crippen LogP contribution < -0.4 is 0 Å². The topological polar surface area (TPSA) is 118 Å². The fourth-order valence-corrected chi connectivity index (χ4v) is 3.38. The van der Waals surface area contributed by atoms with Crippen LogP contribution >= 0.6 is 11.6 Å². The monoisotopic (exact) mass is 336 g/mol. The molecule has 0 aliphatic rings. The summed E-state index contributed by atoms with van der Waals surface area (Å²) >= 11 is 5.80. The van der Waals surface area contributed by atoms with Crippen LogP contribution in [-0.4, -0.2) is 42.3 Å². The van der Waals surface area contributed by atoms with Gasteiger partial charge in [-0.2, -0.15) is 0 Å². The van der Waals surface area contributed by atoms with Crippen LogP contribution in [-0.2, 0) is 14.8 Å². The summed E-state index contributed by atoms with van der Waals surface area (Å²) < 4.78 is 25.4. The summed E-state index contributed by atoms with van der Waals surface area (Å²) in [5.41, 5.74) is -0.154. The molecule has 0 heterocycles. The van der Waals surface area contributed by atoms with Gasteiger partial charge in [0.1, 0.15) is 9.92 Å². The molecule has 0 spiro atoms. The highest BCUT2D eigenvalue weighted by molar-refractivity contribution is 7.89. The summed E-state index contributed by atoms with van der Waals surface area (Å²) in [4.78, 5) is 20.2. The van der Waals surface area contributed by atoms with E-state index in [1.165, 1.54) is 26.1 Å². The number of nitro groups is 1. The molecular formula is C11H13ClN2O6S. The van der Waals surface area contributed by atoms with Crippen LogP contribution in [0.1, 0.15) is 12.0 Å². The molecule has 0 unspecified atom stereocenters. The first-order valence-electron chi connectivity index (χ1n) is 5.70. The van der Waals surface area contributed by atoms with E-state index in [-0.39, 0.29) is 13.0 Å². The van der Waals surface area contributed by atoms with E-state index in [2.05, 4.69) is 0 Å². The maximum Gasteiger partial charge on any atom is 0.304 e. The van der Waals surface area contributed by atoms with E-state index in [9.17, 15) is 23.3 Å². The van der Waals surface area contributed by atoms with Crippen LogP contribution in [0.5, 0.6) is 0 Å². The third kappa shape index (κ3) is 3.90. The Balaban J connectivity index is 3.31. The predicted octanol–water partition coefficient (Wildman–Crippen LogP) is 1.65. The van der Waals surface area contributed by atoms with Crippen molar-refractivity contribution in [2.45, 2.75) is 18.2 Å². The van der Waals surface area contributed by atoms with E-state index in [1.54, 1.807) is 0 Å². The van der Waals surface area contributed by atoms with Crippen LogP contribution in [0.25, 0.3) is 0 Å². The normalized spacial score (nSPS) is 11.6. The molecule has 0 atom stereocenters.